The fraction of sp³-hybridized carbons (Fsp3) is 0.800. The lowest BCUT2D eigenvalue weighted by Crippen LogP contribution is -2.87. The monoisotopic (exact) mass is 150 g/mol. The first-order chi connectivity index (χ1) is 5.27. The summed E-state index contributed by atoms with van der Waals surface area (Å²) in [5.41, 5.74) is 3.72. The Balaban J connectivity index is 1.75. The molecule has 0 radical (unpaired) electrons. The first kappa shape index (κ1) is 6.24. The molecule has 4 atom stereocenters. The minimum atomic E-state index is 0.794. The van der Waals surface area contributed by atoms with Crippen LogP contribution in [0.25, 0.3) is 0 Å². The van der Waals surface area contributed by atoms with Crippen LogP contribution in [0.4, 0.5) is 0 Å². The van der Waals surface area contributed by atoms with E-state index >= 15 is 0 Å². The molecule has 0 aromatic heterocycles. The highest BCUT2D eigenvalue weighted by Gasteiger charge is 2.81. The summed E-state index contributed by atoms with van der Waals surface area (Å²) in [7, 11) is 2.18. The number of nitrogens with two attached hydrogens (primary N) is 1. The van der Waals surface area contributed by atoms with Crippen molar-refractivity contribution in [3.8, 4) is 0 Å². The van der Waals surface area contributed by atoms with Crippen LogP contribution in [0.1, 0.15) is 13.8 Å². The Bertz CT molecular complexity index is 242. The van der Waals surface area contributed by atoms with Gasteiger partial charge in [-0.2, -0.15) is 0 Å². The van der Waals surface area contributed by atoms with Crippen LogP contribution in [-0.4, -0.2) is 13.1 Å². The van der Waals surface area contributed by atoms with Gasteiger partial charge in [0.25, 0.3) is 0 Å². The first-order valence-corrected chi connectivity index (χ1v) is 4.80. The van der Waals surface area contributed by atoms with Crippen LogP contribution in [0.15, 0.2) is 11.1 Å². The van der Waals surface area contributed by atoms with E-state index in [4.69, 9.17) is 0 Å². The molecule has 0 spiro atoms. The Kier molecular flexibility index (Phi) is 0.885. The van der Waals surface area contributed by atoms with Gasteiger partial charge in [0.05, 0.1) is 13.1 Å². The summed E-state index contributed by atoms with van der Waals surface area (Å²) in [6, 6.07) is 0.794. The lowest BCUT2D eigenvalue weighted by atomic mass is 9.75. The predicted octanol–water partition coefficient (Wildman–Crippen LogP) is 0.390. The van der Waals surface area contributed by atoms with Gasteiger partial charge in [-0.3, -0.25) is 0 Å². The van der Waals surface area contributed by atoms with Crippen molar-refractivity contribution in [2.75, 3.05) is 7.05 Å². The van der Waals surface area contributed by atoms with E-state index in [1.54, 1.807) is 0 Å². The van der Waals surface area contributed by atoms with Crippen LogP contribution in [0.3, 0.4) is 0 Å². The van der Waals surface area contributed by atoms with E-state index in [2.05, 4.69) is 26.2 Å². The second-order valence-corrected chi connectivity index (χ2v) is 4.47. The molecule has 1 heteroatoms. The number of allylic oxidation sites excluding steroid dienone is 1. The third kappa shape index (κ3) is 0.506. The molecule has 0 saturated heterocycles. The number of quaternary nitrogens is 1. The third-order valence-electron chi connectivity index (χ3n) is 4.13. The van der Waals surface area contributed by atoms with Crippen molar-refractivity contribution in [2.45, 2.75) is 19.9 Å². The highest BCUT2D eigenvalue weighted by atomic mass is 14.9. The van der Waals surface area contributed by atoms with Crippen molar-refractivity contribution in [1.29, 1.82) is 0 Å². The van der Waals surface area contributed by atoms with Gasteiger partial charge >= 0.3 is 0 Å². The maximum Gasteiger partial charge on any atom is 0.0892 e. The number of rotatable bonds is 3. The molecule has 0 aromatic carbocycles. The van der Waals surface area contributed by atoms with Gasteiger partial charge in [-0.1, -0.05) is 18.1 Å². The Hall–Kier alpha value is -0.300. The minimum absolute atomic E-state index is 0.794. The summed E-state index contributed by atoms with van der Waals surface area (Å²) in [6.45, 7) is 4.73. The molecule has 0 aromatic rings. The van der Waals surface area contributed by atoms with Gasteiger partial charge in [-0.05, 0) is 24.7 Å². The normalized spacial score (nSPS) is 47.7. The van der Waals surface area contributed by atoms with Crippen molar-refractivity contribution in [1.82, 2.24) is 0 Å². The van der Waals surface area contributed by atoms with Gasteiger partial charge in [-0.25, -0.2) is 0 Å². The second kappa shape index (κ2) is 1.56. The van der Waals surface area contributed by atoms with Crippen molar-refractivity contribution in [2.24, 2.45) is 23.7 Å². The Morgan fingerprint density at radius 1 is 1.18 bits per heavy atom. The van der Waals surface area contributed by atoms with E-state index < -0.39 is 0 Å². The molecule has 1 nitrogen and oxygen atoms in total. The van der Waals surface area contributed by atoms with E-state index in [9.17, 15) is 0 Å². The summed E-state index contributed by atoms with van der Waals surface area (Å²) < 4.78 is 0. The predicted molar refractivity (Wildman–Crippen MR) is 44.0 cm³/mol. The summed E-state index contributed by atoms with van der Waals surface area (Å²) in [4.78, 5) is 0. The highest BCUT2D eigenvalue weighted by Crippen LogP contribution is 2.87. The molecule has 2 fully saturated rings. The fourth-order valence-electron chi connectivity index (χ4n) is 2.79. The number of hydrogen-bond acceptors (Lipinski definition) is 0. The van der Waals surface area contributed by atoms with E-state index in [-0.39, 0.29) is 0 Å². The quantitative estimate of drug-likeness (QED) is 0.560. The summed E-state index contributed by atoms with van der Waals surface area (Å²) in [6.07, 6.45) is 0. The van der Waals surface area contributed by atoms with Crippen molar-refractivity contribution >= 4 is 0 Å². The van der Waals surface area contributed by atoms with Crippen LogP contribution in [-0.2, 0) is 0 Å². The van der Waals surface area contributed by atoms with E-state index in [0.29, 0.717) is 0 Å². The summed E-state index contributed by atoms with van der Waals surface area (Å²) in [5.74, 6) is 4.23. The maximum absolute atomic E-state index is 2.39. The Labute approximate surface area is 67.9 Å². The van der Waals surface area contributed by atoms with Crippen LogP contribution in [0.2, 0.25) is 0 Å². The average molecular weight is 150 g/mol. The largest absolute Gasteiger partial charge is 0.346 e. The molecule has 11 heavy (non-hydrogen) atoms. The molecular weight excluding hydrogens is 134 g/mol. The van der Waals surface area contributed by atoms with E-state index in [1.165, 1.54) is 0 Å². The number of hydrogen-bond donors (Lipinski definition) is 1. The highest BCUT2D eigenvalue weighted by molar-refractivity contribution is 5.66. The van der Waals surface area contributed by atoms with Gasteiger partial charge in [-0.15, -0.1) is 0 Å². The average Bonchev–Trinajstić information content (AvgIpc) is 2.71. The SMILES string of the molecule is C[NH2+]C(C)C(C)C1=C2C3C1C23. The van der Waals surface area contributed by atoms with Gasteiger partial charge in [0.15, 0.2) is 0 Å². The standard InChI is InChI=1S/C10H15N/c1-4(5(2)11-3)6-7-9-8(6)10(7)9/h4-5,7,9-11H,1-3H3/p+1. The second-order valence-electron chi connectivity index (χ2n) is 4.47. The molecule has 60 valence electrons. The molecule has 0 amide bonds. The van der Waals surface area contributed by atoms with Crippen molar-refractivity contribution < 1.29 is 5.32 Å². The third-order valence-corrected chi connectivity index (χ3v) is 4.13. The topological polar surface area (TPSA) is 16.6 Å². The first-order valence-electron chi connectivity index (χ1n) is 4.80. The molecule has 4 aliphatic carbocycles. The molecule has 0 heterocycles. The zero-order valence-electron chi connectivity index (χ0n) is 7.46. The zero-order valence-corrected chi connectivity index (χ0v) is 7.46. The van der Waals surface area contributed by atoms with Gasteiger partial charge in [0.2, 0.25) is 0 Å². The van der Waals surface area contributed by atoms with Crippen LogP contribution in [0.5, 0.6) is 0 Å². The summed E-state index contributed by atoms with van der Waals surface area (Å²) >= 11 is 0. The van der Waals surface area contributed by atoms with Crippen LogP contribution in [0, 0.1) is 23.7 Å². The summed E-state index contributed by atoms with van der Waals surface area (Å²) in [5, 5.41) is 2.34. The smallest absolute Gasteiger partial charge is 0.0892 e. The van der Waals surface area contributed by atoms with Gasteiger partial charge < -0.3 is 5.32 Å². The van der Waals surface area contributed by atoms with E-state index in [0.717, 1.165) is 29.7 Å². The van der Waals surface area contributed by atoms with E-state index in [1.807, 2.05) is 11.1 Å². The lowest BCUT2D eigenvalue weighted by Gasteiger charge is -2.31. The Morgan fingerprint density at radius 2 is 1.73 bits per heavy atom. The van der Waals surface area contributed by atoms with Crippen LogP contribution >= 0.6 is 0 Å². The maximum atomic E-state index is 2.39. The molecule has 0 aliphatic heterocycles. The fourth-order valence-corrected chi connectivity index (χ4v) is 2.79. The van der Waals surface area contributed by atoms with Crippen LogP contribution < -0.4 is 5.32 Å². The molecule has 4 rings (SSSR count). The molecule has 2 saturated carbocycles. The van der Waals surface area contributed by atoms with Gasteiger partial charge in [0.1, 0.15) is 0 Å². The molecule has 4 unspecified atom stereocenters. The molecule has 2 N–H and O–H groups in total. The Morgan fingerprint density at radius 3 is 2.09 bits per heavy atom. The molecular formula is C10H16N+. The molecule has 2 bridgehead atoms. The lowest BCUT2D eigenvalue weighted by molar-refractivity contribution is -0.665. The minimum Gasteiger partial charge on any atom is -0.346 e. The zero-order chi connectivity index (χ0) is 7.75. The van der Waals surface area contributed by atoms with Gasteiger partial charge in [0, 0.05) is 5.92 Å². The molecule has 4 aliphatic rings. The van der Waals surface area contributed by atoms with Crippen molar-refractivity contribution in [3.05, 3.63) is 11.1 Å². The van der Waals surface area contributed by atoms with Crippen molar-refractivity contribution in [3.63, 3.8) is 0 Å².